The van der Waals surface area contributed by atoms with Crippen LogP contribution in [0.3, 0.4) is 0 Å². The number of phenols is 1. The number of aromatic hydroxyl groups is 1. The molecule has 2 heteroatoms. The molecule has 0 unspecified atom stereocenters. The summed E-state index contributed by atoms with van der Waals surface area (Å²) >= 11 is 0. The van der Waals surface area contributed by atoms with Gasteiger partial charge in [-0.2, -0.15) is 0 Å². The number of phenolic OH excluding ortho intramolecular Hbond substituents is 1. The van der Waals surface area contributed by atoms with E-state index >= 15 is 0 Å². The van der Waals surface area contributed by atoms with E-state index < -0.39 is 0 Å². The van der Waals surface area contributed by atoms with E-state index in [1.165, 1.54) is 10.9 Å². The fourth-order valence-corrected chi connectivity index (χ4v) is 1.74. The Morgan fingerprint density at radius 3 is 2.53 bits per heavy atom. The molecular weight excluding hydrogens is 186 g/mol. The van der Waals surface area contributed by atoms with Gasteiger partial charge >= 0.3 is 0 Å². The number of rotatable bonds is 3. The van der Waals surface area contributed by atoms with Gasteiger partial charge in [-0.25, -0.2) is 0 Å². The fourth-order valence-electron chi connectivity index (χ4n) is 1.74. The lowest BCUT2D eigenvalue weighted by molar-refractivity contribution is 0.476. The monoisotopic (exact) mass is 201 g/mol. The smallest absolute Gasteiger partial charge is 0.116 e. The molecule has 3 N–H and O–H groups in total. The van der Waals surface area contributed by atoms with E-state index in [4.69, 9.17) is 5.73 Å². The van der Waals surface area contributed by atoms with E-state index in [-0.39, 0.29) is 0 Å². The Labute approximate surface area is 89.3 Å². The number of benzene rings is 2. The molecule has 0 amide bonds. The first-order valence-corrected chi connectivity index (χ1v) is 5.21. The number of aryl methyl sites for hydroxylation is 1. The summed E-state index contributed by atoms with van der Waals surface area (Å²) in [5, 5.41) is 11.6. The van der Waals surface area contributed by atoms with Crippen molar-refractivity contribution in [1.82, 2.24) is 0 Å². The second kappa shape index (κ2) is 4.32. The largest absolute Gasteiger partial charge is 0.508 e. The first-order valence-electron chi connectivity index (χ1n) is 5.21. The van der Waals surface area contributed by atoms with Gasteiger partial charge < -0.3 is 10.8 Å². The second-order valence-electron chi connectivity index (χ2n) is 3.76. The normalized spacial score (nSPS) is 10.7. The van der Waals surface area contributed by atoms with Crippen LogP contribution in [-0.4, -0.2) is 11.7 Å². The van der Waals surface area contributed by atoms with Crippen molar-refractivity contribution >= 4 is 10.8 Å². The number of fused-ring (bicyclic) bond motifs is 1. The lowest BCUT2D eigenvalue weighted by Crippen LogP contribution is -2.00. The summed E-state index contributed by atoms with van der Waals surface area (Å²) < 4.78 is 0. The van der Waals surface area contributed by atoms with Crippen LogP contribution in [0.25, 0.3) is 10.8 Å². The lowest BCUT2D eigenvalue weighted by Gasteiger charge is -2.03. The minimum Gasteiger partial charge on any atom is -0.508 e. The van der Waals surface area contributed by atoms with Crippen LogP contribution in [0, 0.1) is 0 Å². The van der Waals surface area contributed by atoms with Crippen LogP contribution in [0.1, 0.15) is 12.0 Å². The number of nitrogens with two attached hydrogens (primary N) is 1. The maximum absolute atomic E-state index is 9.32. The SMILES string of the molecule is NCCCc1ccc2cc(O)ccc2c1. The summed E-state index contributed by atoms with van der Waals surface area (Å²) in [6.07, 6.45) is 2.04. The van der Waals surface area contributed by atoms with Gasteiger partial charge in [0.1, 0.15) is 5.75 Å². The predicted octanol–water partition coefficient (Wildman–Crippen LogP) is 2.44. The molecular formula is C13H15NO. The molecule has 2 rings (SSSR count). The van der Waals surface area contributed by atoms with Gasteiger partial charge in [0.25, 0.3) is 0 Å². The zero-order valence-electron chi connectivity index (χ0n) is 8.61. The number of hydrogen-bond acceptors (Lipinski definition) is 2. The third kappa shape index (κ3) is 2.28. The molecule has 0 heterocycles. The van der Waals surface area contributed by atoms with Gasteiger partial charge in [-0.05, 0) is 47.9 Å². The van der Waals surface area contributed by atoms with Crippen molar-refractivity contribution < 1.29 is 5.11 Å². The summed E-state index contributed by atoms with van der Waals surface area (Å²) in [5.74, 6) is 0.317. The third-order valence-electron chi connectivity index (χ3n) is 2.56. The summed E-state index contributed by atoms with van der Waals surface area (Å²) in [7, 11) is 0. The Morgan fingerprint density at radius 2 is 1.73 bits per heavy atom. The molecule has 2 nitrogen and oxygen atoms in total. The maximum Gasteiger partial charge on any atom is 0.116 e. The molecule has 0 atom stereocenters. The summed E-state index contributed by atoms with van der Waals surface area (Å²) in [5.41, 5.74) is 6.78. The van der Waals surface area contributed by atoms with Gasteiger partial charge in [0.05, 0.1) is 0 Å². The zero-order valence-corrected chi connectivity index (χ0v) is 8.61. The van der Waals surface area contributed by atoms with Gasteiger partial charge in [-0.15, -0.1) is 0 Å². The highest BCUT2D eigenvalue weighted by atomic mass is 16.3. The van der Waals surface area contributed by atoms with E-state index in [0.717, 1.165) is 24.8 Å². The fraction of sp³-hybridized carbons (Fsp3) is 0.231. The molecule has 2 aromatic rings. The molecule has 2 aromatic carbocycles. The highest BCUT2D eigenvalue weighted by Crippen LogP contribution is 2.21. The molecule has 0 aliphatic carbocycles. The van der Waals surface area contributed by atoms with Crippen molar-refractivity contribution in [2.75, 3.05) is 6.54 Å². The molecule has 78 valence electrons. The zero-order chi connectivity index (χ0) is 10.7. The summed E-state index contributed by atoms with van der Waals surface area (Å²) in [4.78, 5) is 0. The molecule has 0 aliphatic rings. The molecule has 15 heavy (non-hydrogen) atoms. The maximum atomic E-state index is 9.32. The molecule has 0 aliphatic heterocycles. The van der Waals surface area contributed by atoms with E-state index in [2.05, 4.69) is 12.1 Å². The standard InChI is InChI=1S/C13H15NO/c14-7-1-2-10-3-4-12-9-13(15)6-5-11(12)8-10/h3-6,8-9,15H,1-2,7,14H2. The van der Waals surface area contributed by atoms with E-state index in [9.17, 15) is 5.11 Å². The van der Waals surface area contributed by atoms with Crippen LogP contribution < -0.4 is 5.73 Å². The highest BCUT2D eigenvalue weighted by molar-refractivity contribution is 5.84. The molecule has 0 spiro atoms. The lowest BCUT2D eigenvalue weighted by atomic mass is 10.0. The van der Waals surface area contributed by atoms with Crippen LogP contribution >= 0.6 is 0 Å². The highest BCUT2D eigenvalue weighted by Gasteiger charge is 1.97. The second-order valence-corrected chi connectivity index (χ2v) is 3.76. The van der Waals surface area contributed by atoms with Crippen molar-refractivity contribution in [3.8, 4) is 5.75 Å². The molecule has 0 fully saturated rings. The predicted molar refractivity (Wildman–Crippen MR) is 63.0 cm³/mol. The Hall–Kier alpha value is -1.54. The third-order valence-corrected chi connectivity index (χ3v) is 2.56. The first kappa shape index (κ1) is 9.99. The Balaban J connectivity index is 2.34. The van der Waals surface area contributed by atoms with Crippen LogP contribution in [0.2, 0.25) is 0 Å². The van der Waals surface area contributed by atoms with E-state index in [1.54, 1.807) is 12.1 Å². The Kier molecular flexibility index (Phi) is 2.88. The molecule has 0 saturated carbocycles. The van der Waals surface area contributed by atoms with Gasteiger partial charge in [-0.1, -0.05) is 24.3 Å². The van der Waals surface area contributed by atoms with Crippen molar-refractivity contribution in [1.29, 1.82) is 0 Å². The van der Waals surface area contributed by atoms with E-state index in [0.29, 0.717) is 5.75 Å². The molecule has 0 aromatic heterocycles. The van der Waals surface area contributed by atoms with Crippen LogP contribution in [0.15, 0.2) is 36.4 Å². The summed E-state index contributed by atoms with van der Waals surface area (Å²) in [6.45, 7) is 0.730. The van der Waals surface area contributed by atoms with Crippen molar-refractivity contribution in [3.63, 3.8) is 0 Å². The Bertz CT molecular complexity index is 465. The molecule has 0 saturated heterocycles. The Morgan fingerprint density at radius 1 is 1.00 bits per heavy atom. The minimum atomic E-state index is 0.317. The topological polar surface area (TPSA) is 46.2 Å². The summed E-state index contributed by atoms with van der Waals surface area (Å²) in [6, 6.07) is 11.7. The average Bonchev–Trinajstić information content (AvgIpc) is 2.26. The van der Waals surface area contributed by atoms with Crippen LogP contribution in [-0.2, 0) is 6.42 Å². The van der Waals surface area contributed by atoms with Gasteiger partial charge in [0.2, 0.25) is 0 Å². The molecule has 0 bridgehead atoms. The van der Waals surface area contributed by atoms with E-state index in [1.807, 2.05) is 12.1 Å². The van der Waals surface area contributed by atoms with Crippen molar-refractivity contribution in [3.05, 3.63) is 42.0 Å². The first-order chi connectivity index (χ1) is 7.29. The quantitative estimate of drug-likeness (QED) is 0.801. The average molecular weight is 201 g/mol. The van der Waals surface area contributed by atoms with Gasteiger partial charge in [0.15, 0.2) is 0 Å². The van der Waals surface area contributed by atoms with Crippen molar-refractivity contribution in [2.45, 2.75) is 12.8 Å². The van der Waals surface area contributed by atoms with Crippen LogP contribution in [0.5, 0.6) is 5.75 Å². The molecule has 0 radical (unpaired) electrons. The van der Waals surface area contributed by atoms with Gasteiger partial charge in [0, 0.05) is 0 Å². The van der Waals surface area contributed by atoms with Gasteiger partial charge in [-0.3, -0.25) is 0 Å². The van der Waals surface area contributed by atoms with Crippen LogP contribution in [0.4, 0.5) is 0 Å². The van der Waals surface area contributed by atoms with Crippen molar-refractivity contribution in [2.24, 2.45) is 5.73 Å². The number of hydrogen-bond donors (Lipinski definition) is 2. The minimum absolute atomic E-state index is 0.317.